The lowest BCUT2D eigenvalue weighted by Gasteiger charge is -2.31. The van der Waals surface area contributed by atoms with Crippen molar-refractivity contribution in [2.75, 3.05) is 19.8 Å². The zero-order valence-corrected chi connectivity index (χ0v) is 11.8. The van der Waals surface area contributed by atoms with Crippen molar-refractivity contribution in [2.24, 2.45) is 5.41 Å². The van der Waals surface area contributed by atoms with Crippen LogP contribution in [-0.4, -0.2) is 36.5 Å². The number of aliphatic hydroxyl groups is 1. The molecule has 0 bridgehead atoms. The van der Waals surface area contributed by atoms with Crippen molar-refractivity contribution in [3.05, 3.63) is 0 Å². The number of hydrogen-bond acceptors (Lipinski definition) is 3. The van der Waals surface area contributed by atoms with Crippen molar-refractivity contribution >= 4 is 0 Å². The third-order valence-corrected chi connectivity index (χ3v) is 2.40. The molecule has 1 atom stereocenters. The SMILES string of the molecule is CC(C)NC(C)(CO)COCCC(C)(C)C. The number of hydrogen-bond donors (Lipinski definition) is 2. The van der Waals surface area contributed by atoms with Gasteiger partial charge in [0.1, 0.15) is 0 Å². The highest BCUT2D eigenvalue weighted by molar-refractivity contribution is 4.83. The summed E-state index contributed by atoms with van der Waals surface area (Å²) < 4.78 is 5.64. The van der Waals surface area contributed by atoms with Gasteiger partial charge in [-0.05, 0) is 18.8 Å². The van der Waals surface area contributed by atoms with E-state index < -0.39 is 0 Å². The van der Waals surface area contributed by atoms with Gasteiger partial charge in [0.25, 0.3) is 0 Å². The summed E-state index contributed by atoms with van der Waals surface area (Å²) in [7, 11) is 0. The van der Waals surface area contributed by atoms with Crippen LogP contribution < -0.4 is 5.32 Å². The highest BCUT2D eigenvalue weighted by atomic mass is 16.5. The maximum atomic E-state index is 9.35. The summed E-state index contributed by atoms with van der Waals surface area (Å²) in [5.74, 6) is 0. The van der Waals surface area contributed by atoms with Crippen LogP contribution in [0.25, 0.3) is 0 Å². The fourth-order valence-electron chi connectivity index (χ4n) is 1.51. The lowest BCUT2D eigenvalue weighted by atomic mass is 9.93. The van der Waals surface area contributed by atoms with Crippen molar-refractivity contribution in [2.45, 2.75) is 59.5 Å². The second kappa shape index (κ2) is 6.58. The van der Waals surface area contributed by atoms with Crippen molar-refractivity contribution in [1.82, 2.24) is 5.32 Å². The summed E-state index contributed by atoms with van der Waals surface area (Å²) in [5, 5.41) is 12.7. The predicted molar refractivity (Wildman–Crippen MR) is 68.7 cm³/mol. The van der Waals surface area contributed by atoms with Crippen molar-refractivity contribution < 1.29 is 9.84 Å². The molecule has 0 amide bonds. The maximum Gasteiger partial charge on any atom is 0.0668 e. The smallest absolute Gasteiger partial charge is 0.0668 e. The Bertz CT molecular complexity index is 187. The molecule has 0 fully saturated rings. The minimum atomic E-state index is -0.327. The Morgan fingerprint density at radius 3 is 2.12 bits per heavy atom. The zero-order valence-electron chi connectivity index (χ0n) is 11.8. The topological polar surface area (TPSA) is 41.5 Å². The first-order valence-electron chi connectivity index (χ1n) is 6.15. The first-order chi connectivity index (χ1) is 7.18. The average molecular weight is 231 g/mol. The highest BCUT2D eigenvalue weighted by Gasteiger charge is 2.24. The van der Waals surface area contributed by atoms with Crippen molar-refractivity contribution in [3.8, 4) is 0 Å². The van der Waals surface area contributed by atoms with Crippen molar-refractivity contribution in [1.29, 1.82) is 0 Å². The molecule has 2 N–H and O–H groups in total. The molecule has 0 saturated heterocycles. The minimum absolute atomic E-state index is 0.0979. The third kappa shape index (κ3) is 8.08. The van der Waals surface area contributed by atoms with Gasteiger partial charge in [0.05, 0.1) is 18.8 Å². The normalized spacial score (nSPS) is 16.5. The van der Waals surface area contributed by atoms with Gasteiger partial charge in [-0.25, -0.2) is 0 Å². The molecule has 16 heavy (non-hydrogen) atoms. The summed E-state index contributed by atoms with van der Waals surface area (Å²) in [5.41, 5.74) is -0.0207. The summed E-state index contributed by atoms with van der Waals surface area (Å²) in [4.78, 5) is 0. The first kappa shape index (κ1) is 15.9. The van der Waals surface area contributed by atoms with E-state index in [9.17, 15) is 5.11 Å². The summed E-state index contributed by atoms with van der Waals surface area (Å²) >= 11 is 0. The molecular formula is C13H29NO2. The van der Waals surface area contributed by atoms with Gasteiger partial charge in [-0.3, -0.25) is 0 Å². The minimum Gasteiger partial charge on any atom is -0.394 e. The van der Waals surface area contributed by atoms with Crippen LogP contribution in [0.2, 0.25) is 0 Å². The Morgan fingerprint density at radius 2 is 1.75 bits per heavy atom. The number of rotatable bonds is 7. The van der Waals surface area contributed by atoms with E-state index in [1.54, 1.807) is 0 Å². The van der Waals surface area contributed by atoms with E-state index in [-0.39, 0.29) is 12.1 Å². The number of nitrogens with one attached hydrogen (secondary N) is 1. The Labute approximate surface area is 101 Å². The molecule has 0 heterocycles. The summed E-state index contributed by atoms with van der Waals surface area (Å²) in [6.07, 6.45) is 1.04. The second-order valence-corrected chi connectivity index (χ2v) is 6.38. The Kier molecular flexibility index (Phi) is 6.53. The molecule has 0 aliphatic rings. The van der Waals surface area contributed by atoms with E-state index in [0.717, 1.165) is 13.0 Å². The quantitative estimate of drug-likeness (QED) is 0.660. The maximum absolute atomic E-state index is 9.35. The van der Waals surface area contributed by atoms with Crippen LogP contribution in [0.5, 0.6) is 0 Å². The van der Waals surface area contributed by atoms with Gasteiger partial charge >= 0.3 is 0 Å². The molecule has 3 heteroatoms. The molecule has 0 aliphatic carbocycles. The fraction of sp³-hybridized carbons (Fsp3) is 1.00. The lowest BCUT2D eigenvalue weighted by Crippen LogP contribution is -2.52. The molecule has 0 rings (SSSR count). The molecule has 0 radical (unpaired) electrons. The fourth-order valence-corrected chi connectivity index (χ4v) is 1.51. The van der Waals surface area contributed by atoms with Crippen LogP contribution in [0.1, 0.15) is 48.0 Å². The van der Waals surface area contributed by atoms with Gasteiger partial charge in [0, 0.05) is 12.6 Å². The molecule has 1 unspecified atom stereocenters. The molecule has 0 aliphatic heterocycles. The Morgan fingerprint density at radius 1 is 1.19 bits per heavy atom. The van der Waals surface area contributed by atoms with Gasteiger partial charge in [-0.1, -0.05) is 34.6 Å². The highest BCUT2D eigenvalue weighted by Crippen LogP contribution is 2.18. The van der Waals surface area contributed by atoms with Gasteiger partial charge in [-0.15, -0.1) is 0 Å². The molecule has 3 nitrogen and oxygen atoms in total. The van der Waals surface area contributed by atoms with E-state index in [4.69, 9.17) is 4.74 Å². The Balaban J connectivity index is 3.87. The summed E-state index contributed by atoms with van der Waals surface area (Å²) in [6, 6.07) is 0.350. The second-order valence-electron chi connectivity index (χ2n) is 6.38. The van der Waals surface area contributed by atoms with E-state index in [1.165, 1.54) is 0 Å². The Hall–Kier alpha value is -0.120. The van der Waals surface area contributed by atoms with Crippen LogP contribution in [0, 0.1) is 5.41 Å². The van der Waals surface area contributed by atoms with Gasteiger partial charge in [0.2, 0.25) is 0 Å². The molecular weight excluding hydrogens is 202 g/mol. The van der Waals surface area contributed by atoms with E-state index in [0.29, 0.717) is 18.1 Å². The number of aliphatic hydroxyl groups excluding tert-OH is 1. The molecule has 98 valence electrons. The summed E-state index contributed by atoms with van der Waals surface area (Å²) in [6.45, 7) is 14.1. The van der Waals surface area contributed by atoms with E-state index in [1.807, 2.05) is 6.92 Å². The van der Waals surface area contributed by atoms with E-state index >= 15 is 0 Å². The monoisotopic (exact) mass is 231 g/mol. The average Bonchev–Trinajstić information content (AvgIpc) is 2.10. The largest absolute Gasteiger partial charge is 0.394 e. The van der Waals surface area contributed by atoms with Crippen LogP contribution in [0.4, 0.5) is 0 Å². The molecule has 0 aromatic rings. The first-order valence-corrected chi connectivity index (χ1v) is 6.15. The predicted octanol–water partition coefficient (Wildman–Crippen LogP) is 2.19. The van der Waals surface area contributed by atoms with Crippen LogP contribution in [-0.2, 0) is 4.74 Å². The van der Waals surface area contributed by atoms with Crippen LogP contribution in [0.15, 0.2) is 0 Å². The standard InChI is InChI=1S/C13H29NO2/c1-11(2)14-13(6,9-15)10-16-8-7-12(3,4)5/h11,14-15H,7-10H2,1-6H3. The zero-order chi connectivity index (χ0) is 12.8. The molecule has 0 saturated carbocycles. The van der Waals surface area contributed by atoms with Gasteiger partial charge < -0.3 is 15.2 Å². The molecule has 0 spiro atoms. The van der Waals surface area contributed by atoms with Crippen molar-refractivity contribution in [3.63, 3.8) is 0 Å². The molecule has 0 aromatic carbocycles. The van der Waals surface area contributed by atoms with E-state index in [2.05, 4.69) is 39.9 Å². The van der Waals surface area contributed by atoms with Crippen LogP contribution >= 0.6 is 0 Å². The van der Waals surface area contributed by atoms with Gasteiger partial charge in [0.15, 0.2) is 0 Å². The lowest BCUT2D eigenvalue weighted by molar-refractivity contribution is 0.0305. The van der Waals surface area contributed by atoms with Gasteiger partial charge in [-0.2, -0.15) is 0 Å². The molecule has 0 aromatic heterocycles. The van der Waals surface area contributed by atoms with Crippen LogP contribution in [0.3, 0.4) is 0 Å². The third-order valence-electron chi connectivity index (χ3n) is 2.40. The number of ether oxygens (including phenoxy) is 1.